The molecule has 0 aliphatic heterocycles. The summed E-state index contributed by atoms with van der Waals surface area (Å²) in [6.45, 7) is 16.0. The number of alkyl halides is 15. The molecular formula is C84H92F15N19O8. The number of carbonyl (C=O) groups is 5. The van der Waals surface area contributed by atoms with Gasteiger partial charge in [-0.25, -0.2) is 49.8 Å². The maximum atomic E-state index is 13.4. The minimum Gasteiger partial charge on any atom is -0.478 e. The van der Waals surface area contributed by atoms with Crippen molar-refractivity contribution < 1.29 is 104 Å². The van der Waals surface area contributed by atoms with Crippen LogP contribution in [0.25, 0.3) is 0 Å². The molecule has 10 heterocycles. The largest absolute Gasteiger partial charge is 0.478 e. The zero-order valence-electron chi connectivity index (χ0n) is 69.0. The van der Waals surface area contributed by atoms with Gasteiger partial charge in [-0.15, -0.1) is 0 Å². The zero-order chi connectivity index (χ0) is 93.9. The second-order valence-corrected chi connectivity index (χ2v) is 28.7. The van der Waals surface area contributed by atoms with Gasteiger partial charge < -0.3 is 65.3 Å². The van der Waals surface area contributed by atoms with Crippen LogP contribution in [0.2, 0.25) is 0 Å². The molecule has 0 bridgehead atoms. The van der Waals surface area contributed by atoms with Gasteiger partial charge in [-0.1, -0.05) is 61.8 Å². The van der Waals surface area contributed by atoms with Crippen LogP contribution in [0.3, 0.4) is 0 Å². The first-order valence-corrected chi connectivity index (χ1v) is 38.6. The van der Waals surface area contributed by atoms with Gasteiger partial charge in [0.1, 0.15) is 75.8 Å². The van der Waals surface area contributed by atoms with Gasteiger partial charge in [0.15, 0.2) is 0 Å². The Labute approximate surface area is 712 Å². The quantitative estimate of drug-likeness (QED) is 0.0114. The second kappa shape index (κ2) is 45.5. The number of nitrogens with one attached hydrogen (secondary N) is 2. The zero-order valence-corrected chi connectivity index (χ0v) is 69.0. The number of nitrogens with zero attached hydrogens (tertiary/aromatic N) is 10. The predicted molar refractivity (Wildman–Crippen MR) is 439 cm³/mol. The molecule has 0 spiro atoms. The van der Waals surface area contributed by atoms with E-state index in [1.165, 1.54) is 104 Å². The van der Waals surface area contributed by atoms with E-state index in [0.717, 1.165) is 74.2 Å². The standard InChI is InChI=1S/C19H23F3N4O.2C17H19F3N4O2.C16H16F3N3O2.C15H15F3N4O/c1-11(2)10-12(23)5-6-13-7-8-15(19(20,21)22)16(26-13)17(27)14-4-3-9-25-18(14)24;1-9(2)12(8-25)23-13-6-5-11(17(18,19)20)14(24-13)15(26)10-4-3-7-22-16(10)21;1-9(2)12(21)8-26-13-6-5-11(17(18,19)20)14(24-13)15(25)10-4-3-7-23-16(10)22;1-2-3-9-24-12-7-6-11(16(17,18)19)13(22-12)14(23)10-5-4-8-21-15(10)20;1-2-7-20-11-6-5-10(15(16,17)18)12(22-11)13(23)9-4-3-8-21-14(9)19/h3-4,7-9,11-12H,5-6,10,23H2,1-2H3,(H2,24,25);3-7,9,12,25H,8H2,1-2H3,(H2,21,22)(H,23,24);3-7,9,12H,8,21H2,1-2H3,(H2,22,23);4-8H,2-3,9H2,1H3,(H2,20,21);3-6,8H,2,7H2,1H3,(H2,19,21)(H,20,22)/t12-;;12-;;/m1.1../s1. The molecule has 3 atom stereocenters. The number of halogens is 15. The van der Waals surface area contributed by atoms with Crippen LogP contribution in [-0.2, 0) is 37.3 Å². The average molecular weight is 1780 g/mol. The van der Waals surface area contributed by atoms with Crippen molar-refractivity contribution in [2.24, 2.45) is 29.2 Å². The summed E-state index contributed by atoms with van der Waals surface area (Å²) >= 11 is 0. The van der Waals surface area contributed by atoms with E-state index in [-0.39, 0.29) is 117 Å². The Kier molecular flexibility index (Phi) is 36.7. The Morgan fingerprint density at radius 2 is 0.738 bits per heavy atom. The molecule has 27 nitrogen and oxygen atoms in total. The molecule has 17 N–H and O–H groups in total. The van der Waals surface area contributed by atoms with Crippen molar-refractivity contribution in [3.05, 3.63) is 242 Å². The van der Waals surface area contributed by atoms with E-state index in [4.69, 9.17) is 49.6 Å². The van der Waals surface area contributed by atoms with Crippen LogP contribution in [0.1, 0.15) is 201 Å². The predicted octanol–water partition coefficient (Wildman–Crippen LogP) is 15.6. The Bertz CT molecular complexity index is 5350. The summed E-state index contributed by atoms with van der Waals surface area (Å²) in [6.07, 6.45) is -12.8. The van der Waals surface area contributed by atoms with Crippen molar-refractivity contribution in [1.29, 1.82) is 0 Å². The van der Waals surface area contributed by atoms with Gasteiger partial charge in [0, 0.05) is 67.4 Å². The van der Waals surface area contributed by atoms with Crippen molar-refractivity contribution in [2.75, 3.05) is 65.7 Å². The molecule has 0 saturated carbocycles. The molecule has 676 valence electrons. The van der Waals surface area contributed by atoms with Gasteiger partial charge >= 0.3 is 30.9 Å². The fraction of sp³-hybridized carbons (Fsp3) is 0.345. The van der Waals surface area contributed by atoms with E-state index < -0.39 is 122 Å². The lowest BCUT2D eigenvalue weighted by Crippen LogP contribution is -2.33. The Morgan fingerprint density at radius 3 is 1.06 bits per heavy atom. The Hall–Kier alpha value is -13.1. The van der Waals surface area contributed by atoms with Gasteiger partial charge in [-0.3, -0.25) is 24.0 Å². The Morgan fingerprint density at radius 1 is 0.413 bits per heavy atom. The molecule has 10 rings (SSSR count). The van der Waals surface area contributed by atoms with E-state index in [1.54, 1.807) is 0 Å². The summed E-state index contributed by atoms with van der Waals surface area (Å²) in [6, 6.07) is 22.6. The molecule has 0 aromatic carbocycles. The monoisotopic (exact) mass is 1780 g/mol. The van der Waals surface area contributed by atoms with Crippen molar-refractivity contribution in [1.82, 2.24) is 49.8 Å². The minimum absolute atomic E-state index is 0.00258. The molecule has 126 heavy (non-hydrogen) atoms. The van der Waals surface area contributed by atoms with Gasteiger partial charge in [0.05, 0.1) is 74.9 Å². The topological polar surface area (TPSA) is 459 Å². The number of ketones is 5. The third kappa shape index (κ3) is 29.3. The smallest absolute Gasteiger partial charge is 0.418 e. The summed E-state index contributed by atoms with van der Waals surface area (Å²) < 4.78 is 209. The number of hydrogen-bond donors (Lipinski definition) is 10. The fourth-order valence-corrected chi connectivity index (χ4v) is 11.1. The van der Waals surface area contributed by atoms with Crippen LogP contribution in [0.4, 0.5) is 107 Å². The third-order valence-electron chi connectivity index (χ3n) is 18.0. The number of pyridine rings is 10. The van der Waals surface area contributed by atoms with Crippen molar-refractivity contribution in [3.63, 3.8) is 0 Å². The maximum Gasteiger partial charge on any atom is 0.418 e. The van der Waals surface area contributed by atoms with Gasteiger partial charge in [-0.2, -0.15) is 65.9 Å². The number of aliphatic hydroxyl groups is 1. The number of unbranched alkanes of at least 4 members (excludes halogenated alkanes) is 1. The van der Waals surface area contributed by atoms with Crippen LogP contribution < -0.4 is 60.2 Å². The maximum absolute atomic E-state index is 13.4. The van der Waals surface area contributed by atoms with Gasteiger partial charge in [-0.05, 0) is 159 Å². The summed E-state index contributed by atoms with van der Waals surface area (Å²) in [5.41, 5.74) is 30.2. The number of nitrogens with two attached hydrogens (primary N) is 7. The number of ether oxygens (including phenoxy) is 2. The van der Waals surface area contributed by atoms with Crippen LogP contribution in [0.5, 0.6) is 11.8 Å². The van der Waals surface area contributed by atoms with E-state index in [9.17, 15) is 94.9 Å². The van der Waals surface area contributed by atoms with Gasteiger partial charge in [0.25, 0.3) is 0 Å². The number of nitrogen functional groups attached to an aromatic ring is 5. The highest BCUT2D eigenvalue weighted by Crippen LogP contribution is 2.40. The van der Waals surface area contributed by atoms with Crippen LogP contribution >= 0.6 is 0 Å². The summed E-state index contributed by atoms with van der Waals surface area (Å²) in [7, 11) is 0. The van der Waals surface area contributed by atoms with Crippen molar-refractivity contribution in [2.45, 2.75) is 143 Å². The van der Waals surface area contributed by atoms with Crippen molar-refractivity contribution in [3.8, 4) is 11.8 Å². The van der Waals surface area contributed by atoms with E-state index in [0.29, 0.717) is 37.6 Å². The first kappa shape index (κ1) is 102. The summed E-state index contributed by atoms with van der Waals surface area (Å²) in [5, 5.41) is 15.1. The van der Waals surface area contributed by atoms with Crippen molar-refractivity contribution >= 4 is 69.6 Å². The molecule has 0 aliphatic carbocycles. The SMILES string of the molecule is CC(C)C(CO)Nc1ccc(C(F)(F)F)c(C(=O)c2cccnc2N)n1.CC(C)C[C@H](N)CCc1ccc(C(F)(F)F)c(C(=O)c2cccnc2N)n1.CC(C)[C@H](N)COc1ccc(C(F)(F)F)c(C(=O)c2cccnc2N)n1.CCCCOc1ccc(C(F)(F)F)c(C(=O)c2cccnc2N)n1.CCCNc1ccc(C(F)(F)F)c(C(=O)c2cccnc2N)n1. The molecule has 0 aliphatic rings. The number of hydrogen-bond acceptors (Lipinski definition) is 27. The molecular weight excluding hydrogens is 1690 g/mol. The lowest BCUT2D eigenvalue weighted by atomic mass is 9.98. The summed E-state index contributed by atoms with van der Waals surface area (Å²) in [5.74, 6) is -4.90. The highest BCUT2D eigenvalue weighted by Gasteiger charge is 2.42. The Balaban J connectivity index is 0.000000243. The number of aryl methyl sites for hydroxylation is 1. The normalized spacial score (nSPS) is 12.3. The summed E-state index contributed by atoms with van der Waals surface area (Å²) in [4.78, 5) is 101. The first-order chi connectivity index (χ1) is 59.0. The minimum atomic E-state index is -4.76. The third-order valence-corrected chi connectivity index (χ3v) is 18.0. The highest BCUT2D eigenvalue weighted by molar-refractivity contribution is 6.14. The molecule has 0 radical (unpaired) electrons. The van der Waals surface area contributed by atoms with E-state index in [2.05, 4.69) is 60.5 Å². The lowest BCUT2D eigenvalue weighted by Gasteiger charge is -2.21. The van der Waals surface area contributed by atoms with Crippen LogP contribution in [-0.4, -0.2) is 128 Å². The molecule has 10 aromatic rings. The number of aromatic nitrogens is 10. The van der Waals surface area contributed by atoms with Crippen LogP contribution in [0.15, 0.2) is 152 Å². The number of anilines is 7. The first-order valence-electron chi connectivity index (χ1n) is 38.6. The number of rotatable bonds is 30. The molecule has 10 aromatic heterocycles. The van der Waals surface area contributed by atoms with Crippen LogP contribution in [0, 0.1) is 17.8 Å². The second-order valence-electron chi connectivity index (χ2n) is 28.7. The number of carbonyl (C=O) groups excluding carboxylic acids is 5. The molecule has 1 unspecified atom stereocenters. The van der Waals surface area contributed by atoms with E-state index in [1.807, 2.05) is 55.4 Å². The molecule has 0 fully saturated rings. The molecule has 42 heteroatoms. The lowest BCUT2D eigenvalue weighted by molar-refractivity contribution is -0.139. The highest BCUT2D eigenvalue weighted by atomic mass is 19.4. The number of aliphatic hydroxyl groups excluding tert-OH is 1. The average Bonchev–Trinajstić information content (AvgIpc) is 0.814. The molecule has 0 saturated heterocycles. The molecule has 0 amide bonds. The van der Waals surface area contributed by atoms with Gasteiger partial charge in [0.2, 0.25) is 40.7 Å². The van der Waals surface area contributed by atoms with E-state index >= 15 is 0 Å². The fourth-order valence-electron chi connectivity index (χ4n) is 11.1.